The van der Waals surface area contributed by atoms with E-state index in [0.29, 0.717) is 23.8 Å². The molecule has 0 aromatic rings. The molecule has 1 amide bonds. The summed E-state index contributed by atoms with van der Waals surface area (Å²) in [5, 5.41) is 2.56. The lowest BCUT2D eigenvalue weighted by molar-refractivity contribution is -0.198. The molecule has 0 heterocycles. The number of carbonyl (C=O) groups is 1. The van der Waals surface area contributed by atoms with Crippen LogP contribution in [0.1, 0.15) is 25.7 Å². The van der Waals surface area contributed by atoms with Crippen molar-refractivity contribution in [2.24, 2.45) is 11.8 Å². The van der Waals surface area contributed by atoms with Gasteiger partial charge in [0.15, 0.2) is 0 Å². The summed E-state index contributed by atoms with van der Waals surface area (Å²) in [4.78, 5) is 11.6. The number of amides is 1. The van der Waals surface area contributed by atoms with Crippen LogP contribution >= 0.6 is 22.6 Å². The van der Waals surface area contributed by atoms with Gasteiger partial charge in [-0.15, -0.1) is 0 Å². The molecular weight excluding hydrogens is 334 g/mol. The molecular formula is C10H15F3INO. The van der Waals surface area contributed by atoms with Crippen molar-refractivity contribution < 1.29 is 18.0 Å². The summed E-state index contributed by atoms with van der Waals surface area (Å²) < 4.78 is 38.8. The van der Waals surface area contributed by atoms with Crippen LogP contribution in [-0.4, -0.2) is 23.1 Å². The maximum absolute atomic E-state index is 12.7. The molecule has 0 aromatic heterocycles. The van der Waals surface area contributed by atoms with E-state index in [1.165, 1.54) is 0 Å². The summed E-state index contributed by atoms with van der Waals surface area (Å²) >= 11 is 2.08. The minimum atomic E-state index is -4.24. The van der Waals surface area contributed by atoms with Gasteiger partial charge in [-0.3, -0.25) is 4.79 Å². The Morgan fingerprint density at radius 3 is 2.50 bits per heavy atom. The lowest BCUT2D eigenvalue weighted by atomic mass is 9.78. The molecule has 16 heavy (non-hydrogen) atoms. The number of nitrogens with one attached hydrogen (secondary N) is 1. The van der Waals surface area contributed by atoms with Crippen LogP contribution in [0, 0.1) is 11.8 Å². The zero-order valence-corrected chi connectivity index (χ0v) is 11.0. The van der Waals surface area contributed by atoms with E-state index in [1.807, 2.05) is 0 Å². The Kier molecular flexibility index (Phi) is 5.33. The van der Waals surface area contributed by atoms with Crippen LogP contribution in [0.25, 0.3) is 0 Å². The molecule has 0 radical (unpaired) electrons. The van der Waals surface area contributed by atoms with Crippen LogP contribution in [0.5, 0.6) is 0 Å². The van der Waals surface area contributed by atoms with Gasteiger partial charge in [0.1, 0.15) is 0 Å². The summed E-state index contributed by atoms with van der Waals surface area (Å²) in [6.07, 6.45) is -2.51. The Morgan fingerprint density at radius 1 is 1.31 bits per heavy atom. The summed E-state index contributed by atoms with van der Waals surface area (Å²) in [7, 11) is 0. The molecule has 94 valence electrons. The minimum Gasteiger partial charge on any atom is -0.355 e. The Hall–Kier alpha value is -0.0100. The maximum Gasteiger partial charge on any atom is 0.392 e. The smallest absolute Gasteiger partial charge is 0.355 e. The van der Waals surface area contributed by atoms with Gasteiger partial charge in [-0.1, -0.05) is 35.4 Å². The maximum atomic E-state index is 12.7. The van der Waals surface area contributed by atoms with Gasteiger partial charge in [0.2, 0.25) is 5.91 Å². The molecule has 1 aliphatic rings. The highest BCUT2D eigenvalue weighted by Gasteiger charge is 2.47. The first-order valence-electron chi connectivity index (χ1n) is 5.37. The monoisotopic (exact) mass is 349 g/mol. The number of hydrogen-bond acceptors (Lipinski definition) is 1. The second-order valence-corrected chi connectivity index (χ2v) is 5.10. The molecule has 1 fully saturated rings. The molecule has 0 aliphatic heterocycles. The number of halogens is 4. The van der Waals surface area contributed by atoms with E-state index in [4.69, 9.17) is 0 Å². The van der Waals surface area contributed by atoms with Crippen LogP contribution in [0.3, 0.4) is 0 Å². The molecule has 0 bridgehead atoms. The third-order valence-electron chi connectivity index (χ3n) is 2.92. The van der Waals surface area contributed by atoms with Gasteiger partial charge >= 0.3 is 6.18 Å². The average Bonchev–Trinajstić information content (AvgIpc) is 2.24. The Bertz CT molecular complexity index is 245. The van der Waals surface area contributed by atoms with Crippen LogP contribution < -0.4 is 5.32 Å². The van der Waals surface area contributed by atoms with E-state index in [9.17, 15) is 18.0 Å². The first-order valence-corrected chi connectivity index (χ1v) is 6.89. The van der Waals surface area contributed by atoms with E-state index < -0.39 is 23.9 Å². The fraction of sp³-hybridized carbons (Fsp3) is 0.900. The molecule has 2 nitrogen and oxygen atoms in total. The highest BCUT2D eigenvalue weighted by Crippen LogP contribution is 2.41. The lowest BCUT2D eigenvalue weighted by Gasteiger charge is -2.31. The van der Waals surface area contributed by atoms with Crippen LogP contribution in [0.2, 0.25) is 0 Å². The fourth-order valence-electron chi connectivity index (χ4n) is 2.14. The quantitative estimate of drug-likeness (QED) is 0.616. The number of carbonyl (C=O) groups excluding carboxylic acids is 1. The van der Waals surface area contributed by atoms with Gasteiger partial charge in [-0.05, 0) is 12.8 Å². The molecule has 2 unspecified atom stereocenters. The standard InChI is InChI=1S/C10H15F3INO/c11-10(12,13)8-4-2-1-3-7(8)9(16)15-6-5-14/h7-8H,1-6H2,(H,15,16). The molecule has 1 aliphatic carbocycles. The predicted molar refractivity (Wildman–Crippen MR) is 63.4 cm³/mol. The van der Waals surface area contributed by atoms with Crippen molar-refractivity contribution in [1.29, 1.82) is 0 Å². The largest absolute Gasteiger partial charge is 0.392 e. The Labute approximate surface area is 106 Å². The highest BCUT2D eigenvalue weighted by atomic mass is 127. The molecule has 6 heteroatoms. The van der Waals surface area contributed by atoms with Crippen molar-refractivity contribution in [3.05, 3.63) is 0 Å². The third-order valence-corrected chi connectivity index (χ3v) is 3.46. The van der Waals surface area contributed by atoms with Crippen molar-refractivity contribution in [2.45, 2.75) is 31.9 Å². The second kappa shape index (κ2) is 6.07. The topological polar surface area (TPSA) is 29.1 Å². The normalized spacial score (nSPS) is 26.5. The van der Waals surface area contributed by atoms with Gasteiger partial charge in [0, 0.05) is 16.9 Å². The summed E-state index contributed by atoms with van der Waals surface area (Å²) in [5.41, 5.74) is 0. The predicted octanol–water partition coefficient (Wildman–Crippen LogP) is 2.91. The Balaban J connectivity index is 2.63. The first-order chi connectivity index (χ1) is 7.46. The number of alkyl halides is 4. The summed E-state index contributed by atoms with van der Waals surface area (Å²) in [6.45, 7) is 0.445. The van der Waals surface area contributed by atoms with Crippen molar-refractivity contribution in [3.63, 3.8) is 0 Å². The van der Waals surface area contributed by atoms with Gasteiger partial charge in [0.25, 0.3) is 0 Å². The SMILES string of the molecule is O=C(NCCI)C1CCCCC1C(F)(F)F. The zero-order valence-electron chi connectivity index (χ0n) is 8.82. The summed E-state index contributed by atoms with van der Waals surface area (Å²) in [5.74, 6) is -2.76. The van der Waals surface area contributed by atoms with Crippen molar-refractivity contribution in [2.75, 3.05) is 11.0 Å². The van der Waals surface area contributed by atoms with Crippen LogP contribution in [0.15, 0.2) is 0 Å². The number of hydrogen-bond donors (Lipinski definition) is 1. The molecule has 1 N–H and O–H groups in total. The van der Waals surface area contributed by atoms with Gasteiger partial charge in [0.05, 0.1) is 5.92 Å². The molecule has 0 spiro atoms. The lowest BCUT2D eigenvalue weighted by Crippen LogP contribution is -2.43. The average molecular weight is 349 g/mol. The van der Waals surface area contributed by atoms with Crippen molar-refractivity contribution in [3.8, 4) is 0 Å². The fourth-order valence-corrected chi connectivity index (χ4v) is 2.41. The van der Waals surface area contributed by atoms with E-state index in [1.54, 1.807) is 0 Å². The van der Waals surface area contributed by atoms with Crippen LogP contribution in [-0.2, 0) is 4.79 Å². The van der Waals surface area contributed by atoms with Crippen molar-refractivity contribution >= 4 is 28.5 Å². The van der Waals surface area contributed by atoms with Crippen molar-refractivity contribution in [1.82, 2.24) is 5.32 Å². The minimum absolute atomic E-state index is 0.0891. The molecule has 1 rings (SSSR count). The Morgan fingerprint density at radius 2 is 1.94 bits per heavy atom. The molecule has 1 saturated carbocycles. The van der Waals surface area contributed by atoms with E-state index >= 15 is 0 Å². The first kappa shape index (κ1) is 14.1. The van der Waals surface area contributed by atoms with E-state index in [-0.39, 0.29) is 6.42 Å². The molecule has 2 atom stereocenters. The molecule has 0 aromatic carbocycles. The van der Waals surface area contributed by atoms with Gasteiger partial charge in [-0.25, -0.2) is 0 Å². The van der Waals surface area contributed by atoms with Gasteiger partial charge in [-0.2, -0.15) is 13.2 Å². The van der Waals surface area contributed by atoms with E-state index in [2.05, 4.69) is 27.9 Å². The van der Waals surface area contributed by atoms with Crippen LogP contribution in [0.4, 0.5) is 13.2 Å². The zero-order chi connectivity index (χ0) is 12.2. The summed E-state index contributed by atoms with van der Waals surface area (Å²) in [6, 6.07) is 0. The van der Waals surface area contributed by atoms with Gasteiger partial charge < -0.3 is 5.32 Å². The second-order valence-electron chi connectivity index (χ2n) is 4.02. The number of rotatable bonds is 3. The molecule has 0 saturated heterocycles. The third kappa shape index (κ3) is 3.78. The van der Waals surface area contributed by atoms with E-state index in [0.717, 1.165) is 6.42 Å². The highest BCUT2D eigenvalue weighted by molar-refractivity contribution is 14.1.